The molecule has 0 spiro atoms. The zero-order valence-electron chi connectivity index (χ0n) is 12.2. The summed E-state index contributed by atoms with van der Waals surface area (Å²) in [6, 6.07) is 2.27. The van der Waals surface area contributed by atoms with E-state index < -0.39 is 0 Å². The van der Waals surface area contributed by atoms with Gasteiger partial charge in [0.2, 0.25) is 5.95 Å². The van der Waals surface area contributed by atoms with Gasteiger partial charge in [-0.2, -0.15) is 0 Å². The first kappa shape index (κ1) is 14.3. The molecule has 1 aliphatic heterocycles. The van der Waals surface area contributed by atoms with Crippen molar-refractivity contribution in [2.45, 2.75) is 58.4 Å². The van der Waals surface area contributed by atoms with Gasteiger partial charge in [-0.3, -0.25) is 0 Å². The van der Waals surface area contributed by atoms with Crippen LogP contribution in [0.2, 0.25) is 0 Å². The molecule has 2 heterocycles. The molecule has 2 rings (SSSR count). The van der Waals surface area contributed by atoms with Crippen LogP contribution in [0.15, 0.2) is 6.07 Å². The normalized spacial score (nSPS) is 18.2. The van der Waals surface area contributed by atoms with E-state index in [2.05, 4.69) is 22.9 Å². The smallest absolute Gasteiger partial charge is 0.225 e. The van der Waals surface area contributed by atoms with Gasteiger partial charge < -0.3 is 10.6 Å². The number of hydrogen-bond donors (Lipinski definition) is 1. The van der Waals surface area contributed by atoms with E-state index in [1.165, 1.54) is 25.7 Å². The van der Waals surface area contributed by atoms with E-state index in [0.29, 0.717) is 0 Å². The Hall–Kier alpha value is -1.16. The van der Waals surface area contributed by atoms with Crippen LogP contribution in [0.3, 0.4) is 0 Å². The van der Waals surface area contributed by atoms with E-state index >= 15 is 0 Å². The minimum Gasteiger partial charge on any atom is -0.341 e. The first-order chi connectivity index (χ1) is 9.19. The lowest BCUT2D eigenvalue weighted by molar-refractivity contribution is 0.632. The number of aryl methyl sites for hydroxylation is 1. The monoisotopic (exact) mass is 262 g/mol. The summed E-state index contributed by atoms with van der Waals surface area (Å²) in [5.41, 5.74) is 8.17. The third kappa shape index (κ3) is 4.16. The third-order valence-electron chi connectivity index (χ3n) is 3.78. The minimum absolute atomic E-state index is 0.200. The van der Waals surface area contributed by atoms with Gasteiger partial charge in [0.25, 0.3) is 0 Å². The van der Waals surface area contributed by atoms with Crippen molar-refractivity contribution in [2.24, 2.45) is 5.73 Å². The maximum atomic E-state index is 6.03. The SMILES string of the molecule is CCC(N)Cc1cc(C)nc(N2CCCCCC2)n1. The highest BCUT2D eigenvalue weighted by Gasteiger charge is 2.14. The fraction of sp³-hybridized carbons (Fsp3) is 0.733. The minimum atomic E-state index is 0.200. The lowest BCUT2D eigenvalue weighted by atomic mass is 10.1. The quantitative estimate of drug-likeness (QED) is 0.905. The summed E-state index contributed by atoms with van der Waals surface area (Å²) in [4.78, 5) is 11.7. The largest absolute Gasteiger partial charge is 0.341 e. The molecule has 1 saturated heterocycles. The van der Waals surface area contributed by atoms with E-state index in [0.717, 1.165) is 43.3 Å². The van der Waals surface area contributed by atoms with Gasteiger partial charge in [-0.1, -0.05) is 19.8 Å². The van der Waals surface area contributed by atoms with Crippen LogP contribution >= 0.6 is 0 Å². The summed E-state index contributed by atoms with van der Waals surface area (Å²) < 4.78 is 0. The molecular formula is C15H26N4. The molecule has 0 saturated carbocycles. The number of nitrogens with two attached hydrogens (primary N) is 1. The van der Waals surface area contributed by atoms with Crippen molar-refractivity contribution in [2.75, 3.05) is 18.0 Å². The van der Waals surface area contributed by atoms with Crippen LogP contribution in [0.1, 0.15) is 50.4 Å². The maximum Gasteiger partial charge on any atom is 0.225 e. The number of rotatable bonds is 4. The average molecular weight is 262 g/mol. The summed E-state index contributed by atoms with van der Waals surface area (Å²) in [6.45, 7) is 6.34. The van der Waals surface area contributed by atoms with Crippen LogP contribution in [0.5, 0.6) is 0 Å². The molecule has 1 aromatic rings. The standard InChI is InChI=1S/C15H26N4/c1-3-13(16)11-14-10-12(2)17-15(18-14)19-8-6-4-5-7-9-19/h10,13H,3-9,11,16H2,1-2H3. The van der Waals surface area contributed by atoms with E-state index in [-0.39, 0.29) is 6.04 Å². The molecule has 106 valence electrons. The molecule has 2 N–H and O–H groups in total. The second kappa shape index (κ2) is 6.85. The number of hydrogen-bond acceptors (Lipinski definition) is 4. The maximum absolute atomic E-state index is 6.03. The molecule has 1 fully saturated rings. The summed E-state index contributed by atoms with van der Waals surface area (Å²) in [5.74, 6) is 0.903. The van der Waals surface area contributed by atoms with E-state index in [4.69, 9.17) is 10.7 Å². The number of nitrogens with zero attached hydrogens (tertiary/aromatic N) is 3. The van der Waals surface area contributed by atoms with E-state index in [9.17, 15) is 0 Å². The predicted octanol–water partition coefficient (Wildman–Crippen LogP) is 2.45. The van der Waals surface area contributed by atoms with Crippen molar-refractivity contribution < 1.29 is 0 Å². The van der Waals surface area contributed by atoms with Crippen molar-refractivity contribution in [3.63, 3.8) is 0 Å². The first-order valence-electron chi connectivity index (χ1n) is 7.54. The summed E-state index contributed by atoms with van der Waals surface area (Å²) in [7, 11) is 0. The topological polar surface area (TPSA) is 55.0 Å². The lowest BCUT2D eigenvalue weighted by Gasteiger charge is -2.21. The molecule has 0 amide bonds. The Labute approximate surface area is 116 Å². The third-order valence-corrected chi connectivity index (χ3v) is 3.78. The van der Waals surface area contributed by atoms with Crippen LogP contribution in [-0.4, -0.2) is 29.1 Å². The van der Waals surface area contributed by atoms with E-state index in [1.54, 1.807) is 0 Å². The van der Waals surface area contributed by atoms with Crippen LogP contribution in [-0.2, 0) is 6.42 Å². The van der Waals surface area contributed by atoms with Gasteiger partial charge in [0, 0.05) is 36.9 Å². The molecule has 0 bridgehead atoms. The molecule has 19 heavy (non-hydrogen) atoms. The summed E-state index contributed by atoms with van der Waals surface area (Å²) in [5, 5.41) is 0. The van der Waals surface area contributed by atoms with Crippen molar-refractivity contribution in [1.29, 1.82) is 0 Å². The Balaban J connectivity index is 2.15. The Kier molecular flexibility index (Phi) is 5.14. The highest BCUT2D eigenvalue weighted by molar-refractivity contribution is 5.32. The lowest BCUT2D eigenvalue weighted by Crippen LogP contribution is -2.27. The van der Waals surface area contributed by atoms with Crippen LogP contribution in [0, 0.1) is 6.92 Å². The summed E-state index contributed by atoms with van der Waals surface area (Å²) in [6.07, 6.45) is 7.00. The molecule has 1 atom stereocenters. The van der Waals surface area contributed by atoms with Crippen molar-refractivity contribution >= 4 is 5.95 Å². The molecule has 1 aromatic heterocycles. The van der Waals surface area contributed by atoms with Gasteiger partial charge >= 0.3 is 0 Å². The molecule has 0 aliphatic carbocycles. The molecule has 0 radical (unpaired) electrons. The van der Waals surface area contributed by atoms with Gasteiger partial charge in [-0.15, -0.1) is 0 Å². The molecule has 1 unspecified atom stereocenters. The van der Waals surface area contributed by atoms with Crippen molar-refractivity contribution in [3.8, 4) is 0 Å². The van der Waals surface area contributed by atoms with Crippen LogP contribution in [0.25, 0.3) is 0 Å². The molecule has 1 aliphatic rings. The van der Waals surface area contributed by atoms with Crippen LogP contribution < -0.4 is 10.6 Å². The van der Waals surface area contributed by atoms with E-state index in [1.807, 2.05) is 6.92 Å². The molecular weight excluding hydrogens is 236 g/mol. The number of aromatic nitrogens is 2. The second-order valence-corrected chi connectivity index (χ2v) is 5.57. The first-order valence-corrected chi connectivity index (χ1v) is 7.54. The van der Waals surface area contributed by atoms with Crippen molar-refractivity contribution in [1.82, 2.24) is 9.97 Å². The zero-order valence-corrected chi connectivity index (χ0v) is 12.2. The van der Waals surface area contributed by atoms with Crippen LogP contribution in [0.4, 0.5) is 5.95 Å². The molecule has 4 heteroatoms. The number of anilines is 1. The van der Waals surface area contributed by atoms with Gasteiger partial charge in [0.15, 0.2) is 0 Å². The highest BCUT2D eigenvalue weighted by atomic mass is 15.2. The molecule has 0 aromatic carbocycles. The van der Waals surface area contributed by atoms with Gasteiger partial charge in [-0.25, -0.2) is 9.97 Å². The summed E-state index contributed by atoms with van der Waals surface area (Å²) >= 11 is 0. The Morgan fingerprint density at radius 1 is 1.21 bits per heavy atom. The Bertz CT molecular complexity index is 397. The average Bonchev–Trinajstić information content (AvgIpc) is 2.66. The van der Waals surface area contributed by atoms with Gasteiger partial charge in [0.1, 0.15) is 0 Å². The zero-order chi connectivity index (χ0) is 13.7. The highest BCUT2D eigenvalue weighted by Crippen LogP contribution is 2.17. The second-order valence-electron chi connectivity index (χ2n) is 5.57. The van der Waals surface area contributed by atoms with Gasteiger partial charge in [0.05, 0.1) is 0 Å². The Morgan fingerprint density at radius 2 is 1.89 bits per heavy atom. The fourth-order valence-electron chi connectivity index (χ4n) is 2.55. The van der Waals surface area contributed by atoms with Crippen molar-refractivity contribution in [3.05, 3.63) is 17.5 Å². The van der Waals surface area contributed by atoms with Gasteiger partial charge in [-0.05, 0) is 32.3 Å². The fourth-order valence-corrected chi connectivity index (χ4v) is 2.55. The Morgan fingerprint density at radius 3 is 2.53 bits per heavy atom. The predicted molar refractivity (Wildman–Crippen MR) is 79.4 cm³/mol. The molecule has 4 nitrogen and oxygen atoms in total.